The molecule has 0 aliphatic heterocycles. The van der Waals surface area contributed by atoms with Crippen LogP contribution in [0.4, 0.5) is 15.8 Å². The number of halogens is 1. The van der Waals surface area contributed by atoms with Gasteiger partial charge in [-0.1, -0.05) is 13.8 Å². The number of nitrogens with zero attached hydrogens (tertiary/aromatic N) is 1. The summed E-state index contributed by atoms with van der Waals surface area (Å²) in [6.45, 7) is 5.07. The van der Waals surface area contributed by atoms with Gasteiger partial charge in [0, 0.05) is 25.4 Å². The lowest BCUT2D eigenvalue weighted by atomic mass is 10.1. The molecule has 4 N–H and O–H groups in total. The molecule has 0 aromatic heterocycles. The van der Waals surface area contributed by atoms with Gasteiger partial charge in [0.15, 0.2) is 0 Å². The van der Waals surface area contributed by atoms with E-state index in [1.165, 1.54) is 6.07 Å². The zero-order valence-electron chi connectivity index (χ0n) is 12.9. The van der Waals surface area contributed by atoms with E-state index in [0.717, 1.165) is 18.9 Å². The van der Waals surface area contributed by atoms with E-state index in [4.69, 9.17) is 16.2 Å². The number of anilines is 2. The summed E-state index contributed by atoms with van der Waals surface area (Å²) in [5.74, 6) is -1.12. The van der Waals surface area contributed by atoms with Gasteiger partial charge in [-0.15, -0.1) is 0 Å². The minimum absolute atomic E-state index is 0.0555. The average Bonchev–Trinajstić information content (AvgIpc) is 2.44. The molecule has 1 rings (SSSR count). The fraction of sp³-hybridized carbons (Fsp3) is 0.533. The number of nitrogen functional groups attached to an aromatic ring is 1. The number of benzene rings is 1. The van der Waals surface area contributed by atoms with Crippen LogP contribution in [-0.4, -0.2) is 32.2 Å². The molecule has 1 amide bonds. The summed E-state index contributed by atoms with van der Waals surface area (Å²) in [6, 6.07) is 2.73. The topological polar surface area (TPSA) is 81.6 Å². The van der Waals surface area contributed by atoms with Crippen molar-refractivity contribution >= 4 is 17.3 Å². The van der Waals surface area contributed by atoms with Crippen LogP contribution >= 0.6 is 0 Å². The highest BCUT2D eigenvalue weighted by Crippen LogP contribution is 2.28. The van der Waals surface area contributed by atoms with Crippen LogP contribution < -0.4 is 16.4 Å². The lowest BCUT2D eigenvalue weighted by Gasteiger charge is -2.33. The summed E-state index contributed by atoms with van der Waals surface area (Å²) in [5.41, 5.74) is 11.5. The fourth-order valence-electron chi connectivity index (χ4n) is 2.43. The molecule has 6 heteroatoms. The molecule has 0 spiro atoms. The third-order valence-electron chi connectivity index (χ3n) is 3.61. The summed E-state index contributed by atoms with van der Waals surface area (Å²) in [5, 5.41) is 0. The standard InChI is InChI=1S/C15H24FN3O2/c1-4-10(5-2)19(6-7-21-3)14-8-11(15(18)20)13(17)9-12(14)16/h8-10H,4-7,17H2,1-3H3,(H2,18,20). The zero-order chi connectivity index (χ0) is 16.0. The molecule has 0 radical (unpaired) electrons. The number of ether oxygens (including phenoxy) is 1. The summed E-state index contributed by atoms with van der Waals surface area (Å²) in [4.78, 5) is 13.3. The van der Waals surface area contributed by atoms with Gasteiger partial charge in [0.2, 0.25) is 0 Å². The van der Waals surface area contributed by atoms with Crippen LogP contribution in [0.2, 0.25) is 0 Å². The molecule has 118 valence electrons. The second-order valence-electron chi connectivity index (χ2n) is 4.91. The first-order chi connectivity index (χ1) is 9.96. The third-order valence-corrected chi connectivity index (χ3v) is 3.61. The summed E-state index contributed by atoms with van der Waals surface area (Å²) >= 11 is 0. The number of rotatable bonds is 8. The Morgan fingerprint density at radius 1 is 1.38 bits per heavy atom. The Bertz CT molecular complexity index is 490. The molecule has 1 aromatic rings. The van der Waals surface area contributed by atoms with E-state index < -0.39 is 11.7 Å². The largest absolute Gasteiger partial charge is 0.398 e. The Labute approximate surface area is 125 Å². The van der Waals surface area contributed by atoms with Gasteiger partial charge >= 0.3 is 0 Å². The second-order valence-corrected chi connectivity index (χ2v) is 4.91. The predicted octanol–water partition coefficient (Wildman–Crippen LogP) is 2.15. The van der Waals surface area contributed by atoms with Crippen molar-refractivity contribution in [3.05, 3.63) is 23.5 Å². The lowest BCUT2D eigenvalue weighted by molar-refractivity contribution is 0.100. The first-order valence-electron chi connectivity index (χ1n) is 7.10. The minimum Gasteiger partial charge on any atom is -0.398 e. The quantitative estimate of drug-likeness (QED) is 0.720. The number of nitrogens with two attached hydrogens (primary N) is 2. The summed E-state index contributed by atoms with van der Waals surface area (Å²) in [6.07, 6.45) is 1.71. The Balaban J connectivity index is 3.28. The highest BCUT2D eigenvalue weighted by Gasteiger charge is 2.21. The maximum atomic E-state index is 14.3. The van der Waals surface area contributed by atoms with Crippen LogP contribution in [0.5, 0.6) is 0 Å². The molecular formula is C15H24FN3O2. The fourth-order valence-corrected chi connectivity index (χ4v) is 2.43. The lowest BCUT2D eigenvalue weighted by Crippen LogP contribution is -2.38. The Hall–Kier alpha value is -1.82. The van der Waals surface area contributed by atoms with Crippen molar-refractivity contribution in [3.63, 3.8) is 0 Å². The number of primary amides is 1. The number of methoxy groups -OCH3 is 1. The van der Waals surface area contributed by atoms with Gasteiger partial charge in [0.1, 0.15) is 5.82 Å². The van der Waals surface area contributed by atoms with Crippen molar-refractivity contribution in [1.29, 1.82) is 0 Å². The van der Waals surface area contributed by atoms with Gasteiger partial charge in [-0.05, 0) is 25.0 Å². The molecule has 0 aliphatic rings. The molecular weight excluding hydrogens is 273 g/mol. The monoisotopic (exact) mass is 297 g/mol. The van der Waals surface area contributed by atoms with E-state index in [0.29, 0.717) is 18.8 Å². The normalized spacial score (nSPS) is 10.9. The molecule has 0 fully saturated rings. The van der Waals surface area contributed by atoms with Crippen LogP contribution in [0.25, 0.3) is 0 Å². The van der Waals surface area contributed by atoms with Crippen molar-refractivity contribution in [2.45, 2.75) is 32.7 Å². The molecule has 0 saturated carbocycles. The van der Waals surface area contributed by atoms with Gasteiger partial charge < -0.3 is 21.1 Å². The van der Waals surface area contributed by atoms with Crippen molar-refractivity contribution in [2.24, 2.45) is 5.73 Å². The summed E-state index contributed by atoms with van der Waals surface area (Å²) < 4.78 is 19.4. The minimum atomic E-state index is -0.662. The highest BCUT2D eigenvalue weighted by atomic mass is 19.1. The Kier molecular flexibility index (Phi) is 6.42. The van der Waals surface area contributed by atoms with Crippen molar-refractivity contribution in [3.8, 4) is 0 Å². The molecule has 21 heavy (non-hydrogen) atoms. The zero-order valence-corrected chi connectivity index (χ0v) is 12.9. The van der Waals surface area contributed by atoms with Crippen molar-refractivity contribution in [1.82, 2.24) is 0 Å². The number of hydrogen-bond donors (Lipinski definition) is 2. The van der Waals surface area contributed by atoms with E-state index in [1.54, 1.807) is 7.11 Å². The third kappa shape index (κ3) is 4.07. The average molecular weight is 297 g/mol. The van der Waals surface area contributed by atoms with Gasteiger partial charge in [-0.2, -0.15) is 0 Å². The molecule has 0 aliphatic carbocycles. The molecule has 5 nitrogen and oxygen atoms in total. The van der Waals surface area contributed by atoms with Crippen LogP contribution in [-0.2, 0) is 4.74 Å². The van der Waals surface area contributed by atoms with E-state index in [2.05, 4.69) is 0 Å². The molecule has 0 heterocycles. The van der Waals surface area contributed by atoms with Gasteiger partial charge in [0.25, 0.3) is 5.91 Å². The smallest absolute Gasteiger partial charge is 0.250 e. The number of carbonyl (C=O) groups is 1. The first-order valence-corrected chi connectivity index (χ1v) is 7.10. The number of amides is 1. The number of carbonyl (C=O) groups excluding carboxylic acids is 1. The molecule has 0 unspecified atom stereocenters. The number of hydrogen-bond acceptors (Lipinski definition) is 4. The van der Waals surface area contributed by atoms with Crippen LogP contribution in [0.3, 0.4) is 0 Å². The van der Waals surface area contributed by atoms with Crippen LogP contribution in [0, 0.1) is 5.82 Å². The van der Waals surface area contributed by atoms with E-state index in [1.807, 2.05) is 18.7 Å². The van der Waals surface area contributed by atoms with E-state index in [9.17, 15) is 9.18 Å². The van der Waals surface area contributed by atoms with Crippen molar-refractivity contribution < 1.29 is 13.9 Å². The Morgan fingerprint density at radius 3 is 2.48 bits per heavy atom. The molecule has 1 aromatic carbocycles. The van der Waals surface area contributed by atoms with Crippen LogP contribution in [0.1, 0.15) is 37.0 Å². The van der Waals surface area contributed by atoms with E-state index in [-0.39, 0.29) is 17.3 Å². The summed E-state index contributed by atoms with van der Waals surface area (Å²) in [7, 11) is 1.60. The Morgan fingerprint density at radius 2 is 2.00 bits per heavy atom. The molecule has 0 bridgehead atoms. The predicted molar refractivity (Wildman–Crippen MR) is 82.9 cm³/mol. The molecule has 0 atom stereocenters. The SMILES string of the molecule is CCC(CC)N(CCOC)c1cc(C(N)=O)c(N)cc1F. The first kappa shape index (κ1) is 17.2. The van der Waals surface area contributed by atoms with Gasteiger partial charge in [0.05, 0.1) is 17.9 Å². The van der Waals surface area contributed by atoms with Crippen LogP contribution in [0.15, 0.2) is 12.1 Å². The van der Waals surface area contributed by atoms with Crippen molar-refractivity contribution in [2.75, 3.05) is 30.9 Å². The maximum absolute atomic E-state index is 14.3. The van der Waals surface area contributed by atoms with E-state index >= 15 is 0 Å². The highest BCUT2D eigenvalue weighted by molar-refractivity contribution is 5.99. The maximum Gasteiger partial charge on any atom is 0.250 e. The molecule has 0 saturated heterocycles. The second kappa shape index (κ2) is 7.83. The van der Waals surface area contributed by atoms with Gasteiger partial charge in [-0.3, -0.25) is 4.79 Å². The van der Waals surface area contributed by atoms with Gasteiger partial charge in [-0.25, -0.2) is 4.39 Å².